The van der Waals surface area contributed by atoms with Gasteiger partial charge in [-0.2, -0.15) is 0 Å². The fourth-order valence-electron chi connectivity index (χ4n) is 1.35. The van der Waals surface area contributed by atoms with Crippen LogP contribution in [0, 0.1) is 0 Å². The van der Waals surface area contributed by atoms with E-state index in [1.54, 1.807) is 0 Å². The van der Waals surface area contributed by atoms with Gasteiger partial charge in [-0.3, -0.25) is 0 Å². The minimum absolute atomic E-state index is 0.303. The van der Waals surface area contributed by atoms with E-state index in [0.717, 1.165) is 12.8 Å². The lowest BCUT2D eigenvalue weighted by Crippen LogP contribution is -1.94. The van der Waals surface area contributed by atoms with E-state index in [2.05, 4.69) is 31.2 Å². The van der Waals surface area contributed by atoms with Crippen LogP contribution >= 0.6 is 0 Å². The minimum atomic E-state index is 0.303. The van der Waals surface area contributed by atoms with E-state index in [4.69, 9.17) is 5.11 Å². The average molecular weight is 164 g/mol. The lowest BCUT2D eigenvalue weighted by Gasteiger charge is -2.09. The number of hydrogen-bond donors (Lipinski definition) is 1. The standard InChI is InChI=1S/C11H16O/c1-10(6-5-9-12)11-7-3-2-4-8-11/h2-4,7-8,10,12H,5-6,9H2,1H3/t10-/m1/s1. The highest BCUT2D eigenvalue weighted by molar-refractivity contribution is 5.18. The summed E-state index contributed by atoms with van der Waals surface area (Å²) in [5.41, 5.74) is 1.37. The molecule has 1 heteroatoms. The van der Waals surface area contributed by atoms with Crippen molar-refractivity contribution in [3.05, 3.63) is 35.9 Å². The maximum absolute atomic E-state index is 8.66. The van der Waals surface area contributed by atoms with Crippen molar-refractivity contribution in [2.45, 2.75) is 25.7 Å². The molecule has 12 heavy (non-hydrogen) atoms. The number of aliphatic hydroxyl groups excluding tert-OH is 1. The summed E-state index contributed by atoms with van der Waals surface area (Å²) in [6, 6.07) is 10.4. The summed E-state index contributed by atoms with van der Waals surface area (Å²) in [5.74, 6) is 0.568. The summed E-state index contributed by atoms with van der Waals surface area (Å²) in [5, 5.41) is 8.66. The minimum Gasteiger partial charge on any atom is -0.396 e. The van der Waals surface area contributed by atoms with Gasteiger partial charge in [0.1, 0.15) is 0 Å². The first-order valence-corrected chi connectivity index (χ1v) is 4.50. The van der Waals surface area contributed by atoms with Crippen LogP contribution in [0.15, 0.2) is 30.3 Å². The topological polar surface area (TPSA) is 20.2 Å². The molecule has 0 unspecified atom stereocenters. The number of benzene rings is 1. The van der Waals surface area contributed by atoms with Crippen molar-refractivity contribution >= 4 is 0 Å². The molecule has 1 aromatic rings. The Morgan fingerprint density at radius 1 is 1.25 bits per heavy atom. The van der Waals surface area contributed by atoms with Gasteiger partial charge in [-0.05, 0) is 24.3 Å². The summed E-state index contributed by atoms with van der Waals surface area (Å²) < 4.78 is 0. The van der Waals surface area contributed by atoms with Gasteiger partial charge in [-0.25, -0.2) is 0 Å². The van der Waals surface area contributed by atoms with E-state index in [-0.39, 0.29) is 0 Å². The van der Waals surface area contributed by atoms with Crippen LogP contribution in [-0.2, 0) is 0 Å². The third-order valence-electron chi connectivity index (χ3n) is 2.16. The molecule has 0 radical (unpaired) electrons. The Morgan fingerprint density at radius 3 is 2.50 bits per heavy atom. The Labute approximate surface area is 74.1 Å². The molecule has 1 N–H and O–H groups in total. The number of hydrogen-bond acceptors (Lipinski definition) is 1. The van der Waals surface area contributed by atoms with Gasteiger partial charge in [-0.15, -0.1) is 0 Å². The first-order chi connectivity index (χ1) is 5.84. The molecule has 1 rings (SSSR count). The summed E-state index contributed by atoms with van der Waals surface area (Å²) >= 11 is 0. The van der Waals surface area contributed by atoms with Crippen molar-refractivity contribution in [1.82, 2.24) is 0 Å². The molecule has 0 saturated carbocycles. The maximum Gasteiger partial charge on any atom is 0.0431 e. The third kappa shape index (κ3) is 2.67. The van der Waals surface area contributed by atoms with Gasteiger partial charge < -0.3 is 5.11 Å². The second kappa shape index (κ2) is 4.94. The fraction of sp³-hybridized carbons (Fsp3) is 0.455. The highest BCUT2D eigenvalue weighted by Crippen LogP contribution is 2.19. The first kappa shape index (κ1) is 9.27. The molecule has 1 aromatic carbocycles. The van der Waals surface area contributed by atoms with E-state index in [0.29, 0.717) is 12.5 Å². The van der Waals surface area contributed by atoms with Gasteiger partial charge in [0.05, 0.1) is 0 Å². The van der Waals surface area contributed by atoms with Gasteiger partial charge in [0.25, 0.3) is 0 Å². The molecule has 0 spiro atoms. The molecule has 0 heterocycles. The van der Waals surface area contributed by atoms with Crippen LogP contribution in [-0.4, -0.2) is 11.7 Å². The molecule has 66 valence electrons. The summed E-state index contributed by atoms with van der Waals surface area (Å²) in [6.07, 6.45) is 1.97. The summed E-state index contributed by atoms with van der Waals surface area (Å²) in [7, 11) is 0. The predicted molar refractivity (Wildman–Crippen MR) is 51.2 cm³/mol. The maximum atomic E-state index is 8.66. The second-order valence-corrected chi connectivity index (χ2v) is 3.18. The molecular formula is C11H16O. The molecule has 0 aliphatic rings. The monoisotopic (exact) mass is 164 g/mol. The highest BCUT2D eigenvalue weighted by Gasteiger charge is 2.02. The molecular weight excluding hydrogens is 148 g/mol. The molecule has 1 nitrogen and oxygen atoms in total. The van der Waals surface area contributed by atoms with Crippen molar-refractivity contribution in [3.8, 4) is 0 Å². The van der Waals surface area contributed by atoms with Crippen molar-refractivity contribution in [2.24, 2.45) is 0 Å². The van der Waals surface area contributed by atoms with Crippen LogP contribution in [0.3, 0.4) is 0 Å². The van der Waals surface area contributed by atoms with Gasteiger partial charge in [0, 0.05) is 6.61 Å². The molecule has 0 aliphatic heterocycles. The van der Waals surface area contributed by atoms with Crippen LogP contribution in [0.2, 0.25) is 0 Å². The van der Waals surface area contributed by atoms with Crippen LogP contribution in [0.5, 0.6) is 0 Å². The SMILES string of the molecule is C[C@H](CCCO)c1ccccc1. The summed E-state index contributed by atoms with van der Waals surface area (Å²) in [4.78, 5) is 0. The third-order valence-corrected chi connectivity index (χ3v) is 2.16. The van der Waals surface area contributed by atoms with E-state index in [9.17, 15) is 0 Å². The molecule has 0 saturated heterocycles. The van der Waals surface area contributed by atoms with Crippen LogP contribution in [0.1, 0.15) is 31.2 Å². The molecule has 0 amide bonds. The quantitative estimate of drug-likeness (QED) is 0.725. The number of aliphatic hydroxyl groups is 1. The van der Waals surface area contributed by atoms with Gasteiger partial charge in [0.15, 0.2) is 0 Å². The fourth-order valence-corrected chi connectivity index (χ4v) is 1.35. The largest absolute Gasteiger partial charge is 0.396 e. The Kier molecular flexibility index (Phi) is 3.81. The molecule has 0 aromatic heterocycles. The van der Waals surface area contributed by atoms with Gasteiger partial charge in [0.2, 0.25) is 0 Å². The Hall–Kier alpha value is -0.820. The zero-order valence-corrected chi connectivity index (χ0v) is 7.53. The second-order valence-electron chi connectivity index (χ2n) is 3.18. The van der Waals surface area contributed by atoms with Crippen LogP contribution in [0.4, 0.5) is 0 Å². The van der Waals surface area contributed by atoms with Crippen molar-refractivity contribution in [3.63, 3.8) is 0 Å². The van der Waals surface area contributed by atoms with Crippen molar-refractivity contribution in [1.29, 1.82) is 0 Å². The molecule has 1 atom stereocenters. The Bertz CT molecular complexity index is 206. The van der Waals surface area contributed by atoms with Crippen molar-refractivity contribution in [2.75, 3.05) is 6.61 Å². The number of rotatable bonds is 4. The highest BCUT2D eigenvalue weighted by atomic mass is 16.2. The van der Waals surface area contributed by atoms with Gasteiger partial charge in [-0.1, -0.05) is 37.3 Å². The molecule has 0 aliphatic carbocycles. The zero-order valence-electron chi connectivity index (χ0n) is 7.53. The normalized spacial score (nSPS) is 12.8. The molecule has 0 fully saturated rings. The van der Waals surface area contributed by atoms with Crippen LogP contribution in [0.25, 0.3) is 0 Å². The first-order valence-electron chi connectivity index (χ1n) is 4.50. The lowest BCUT2D eigenvalue weighted by molar-refractivity contribution is 0.281. The predicted octanol–water partition coefficient (Wildman–Crippen LogP) is 2.56. The smallest absolute Gasteiger partial charge is 0.0431 e. The van der Waals surface area contributed by atoms with Gasteiger partial charge >= 0.3 is 0 Å². The summed E-state index contributed by atoms with van der Waals surface area (Å²) in [6.45, 7) is 2.50. The lowest BCUT2D eigenvalue weighted by atomic mass is 9.97. The van der Waals surface area contributed by atoms with E-state index >= 15 is 0 Å². The Morgan fingerprint density at radius 2 is 1.92 bits per heavy atom. The van der Waals surface area contributed by atoms with E-state index in [1.807, 2.05) is 6.07 Å². The van der Waals surface area contributed by atoms with Crippen molar-refractivity contribution < 1.29 is 5.11 Å². The van der Waals surface area contributed by atoms with Crippen LogP contribution < -0.4 is 0 Å². The van der Waals surface area contributed by atoms with E-state index in [1.165, 1.54) is 5.56 Å². The van der Waals surface area contributed by atoms with E-state index < -0.39 is 0 Å². The zero-order chi connectivity index (χ0) is 8.81. The average Bonchev–Trinajstić information content (AvgIpc) is 2.15. The Balaban J connectivity index is 2.48. The molecule has 0 bridgehead atoms.